The first-order valence-electron chi connectivity index (χ1n) is 6.49. The third-order valence-electron chi connectivity index (χ3n) is 3.15. The van der Waals surface area contributed by atoms with E-state index in [1.165, 1.54) is 31.2 Å². The summed E-state index contributed by atoms with van der Waals surface area (Å²) >= 11 is 0. The van der Waals surface area contributed by atoms with E-state index in [9.17, 15) is 22.3 Å². The number of hydrogen-bond donors (Lipinski definition) is 2. The van der Waals surface area contributed by atoms with Gasteiger partial charge in [0.2, 0.25) is 10.0 Å². The van der Waals surface area contributed by atoms with Crippen molar-refractivity contribution in [2.24, 2.45) is 0 Å². The smallest absolute Gasteiger partial charge is 0.240 e. The van der Waals surface area contributed by atoms with E-state index in [1.807, 2.05) is 0 Å². The minimum absolute atomic E-state index is 0.0554. The SMILES string of the molecule is Cc1cc(F)ccc1S(=O)(=O)NCC(O)c1ccc(F)cc1. The molecule has 2 aromatic rings. The highest BCUT2D eigenvalue weighted by Crippen LogP contribution is 2.17. The van der Waals surface area contributed by atoms with E-state index in [4.69, 9.17) is 0 Å². The highest BCUT2D eigenvalue weighted by molar-refractivity contribution is 7.89. The second-order valence-corrected chi connectivity index (χ2v) is 6.56. The largest absolute Gasteiger partial charge is 0.387 e. The summed E-state index contributed by atoms with van der Waals surface area (Å²) in [5.41, 5.74) is 0.656. The second kappa shape index (κ2) is 6.51. The van der Waals surface area contributed by atoms with Gasteiger partial charge in [0.25, 0.3) is 0 Å². The fourth-order valence-corrected chi connectivity index (χ4v) is 3.25. The van der Waals surface area contributed by atoms with Crippen molar-refractivity contribution >= 4 is 10.0 Å². The molecule has 0 spiro atoms. The number of sulfonamides is 1. The van der Waals surface area contributed by atoms with Crippen LogP contribution in [0.5, 0.6) is 0 Å². The fourth-order valence-electron chi connectivity index (χ4n) is 1.98. The minimum atomic E-state index is -3.87. The number of nitrogens with one attached hydrogen (secondary N) is 1. The zero-order chi connectivity index (χ0) is 16.3. The molecule has 2 aromatic carbocycles. The first kappa shape index (κ1) is 16.5. The van der Waals surface area contributed by atoms with Crippen LogP contribution in [0.25, 0.3) is 0 Å². The van der Waals surface area contributed by atoms with Crippen molar-refractivity contribution < 1.29 is 22.3 Å². The number of rotatable bonds is 5. The standard InChI is InChI=1S/C15H15F2NO3S/c1-10-8-13(17)6-7-15(10)22(20,21)18-9-14(19)11-2-4-12(16)5-3-11/h2-8,14,18-19H,9H2,1H3. The van der Waals surface area contributed by atoms with Crippen LogP contribution in [0.3, 0.4) is 0 Å². The number of aliphatic hydroxyl groups is 1. The molecular weight excluding hydrogens is 312 g/mol. The Bertz CT molecular complexity index is 761. The summed E-state index contributed by atoms with van der Waals surface area (Å²) in [6.07, 6.45) is -1.11. The molecule has 0 aliphatic heterocycles. The number of hydrogen-bond acceptors (Lipinski definition) is 3. The van der Waals surface area contributed by atoms with Gasteiger partial charge in [-0.05, 0) is 48.4 Å². The van der Waals surface area contributed by atoms with Gasteiger partial charge in [-0.25, -0.2) is 21.9 Å². The van der Waals surface area contributed by atoms with Crippen molar-refractivity contribution in [1.82, 2.24) is 4.72 Å². The Morgan fingerprint density at radius 2 is 1.68 bits per heavy atom. The van der Waals surface area contributed by atoms with E-state index in [1.54, 1.807) is 0 Å². The Kier molecular flexibility index (Phi) is 4.90. The molecule has 0 aliphatic carbocycles. The van der Waals surface area contributed by atoms with Crippen LogP contribution in [0.1, 0.15) is 17.2 Å². The van der Waals surface area contributed by atoms with E-state index in [0.29, 0.717) is 5.56 Å². The molecule has 7 heteroatoms. The lowest BCUT2D eigenvalue weighted by molar-refractivity contribution is 0.182. The summed E-state index contributed by atoms with van der Waals surface area (Å²) in [4.78, 5) is -0.0554. The first-order chi connectivity index (χ1) is 10.3. The van der Waals surface area contributed by atoms with E-state index < -0.39 is 27.8 Å². The van der Waals surface area contributed by atoms with Gasteiger partial charge in [-0.2, -0.15) is 0 Å². The molecular formula is C15H15F2NO3S. The number of halogens is 2. The Morgan fingerprint density at radius 3 is 2.27 bits per heavy atom. The maximum atomic E-state index is 13.0. The van der Waals surface area contributed by atoms with Crippen LogP contribution in [0.15, 0.2) is 47.4 Å². The van der Waals surface area contributed by atoms with E-state index in [0.717, 1.165) is 18.2 Å². The topological polar surface area (TPSA) is 66.4 Å². The molecule has 4 nitrogen and oxygen atoms in total. The van der Waals surface area contributed by atoms with Gasteiger partial charge in [0, 0.05) is 6.54 Å². The van der Waals surface area contributed by atoms with Gasteiger partial charge >= 0.3 is 0 Å². The molecule has 2 N–H and O–H groups in total. The van der Waals surface area contributed by atoms with Crippen LogP contribution in [0.2, 0.25) is 0 Å². The molecule has 0 radical (unpaired) electrons. The monoisotopic (exact) mass is 327 g/mol. The average molecular weight is 327 g/mol. The molecule has 0 bridgehead atoms. The normalized spacial score (nSPS) is 13.1. The summed E-state index contributed by atoms with van der Waals surface area (Å²) in [5.74, 6) is -0.971. The molecule has 118 valence electrons. The van der Waals surface area contributed by atoms with Crippen molar-refractivity contribution in [3.8, 4) is 0 Å². The van der Waals surface area contributed by atoms with E-state index in [-0.39, 0.29) is 17.0 Å². The van der Waals surface area contributed by atoms with Gasteiger partial charge in [-0.1, -0.05) is 12.1 Å². The molecule has 0 aromatic heterocycles. The zero-order valence-electron chi connectivity index (χ0n) is 11.8. The number of benzene rings is 2. The lowest BCUT2D eigenvalue weighted by Crippen LogP contribution is -2.29. The van der Waals surface area contributed by atoms with Crippen LogP contribution in [-0.2, 0) is 10.0 Å². The van der Waals surface area contributed by atoms with Gasteiger partial charge in [0.05, 0.1) is 11.0 Å². The molecule has 22 heavy (non-hydrogen) atoms. The first-order valence-corrected chi connectivity index (χ1v) is 7.97. The Balaban J connectivity index is 2.10. The maximum absolute atomic E-state index is 13.0. The molecule has 1 unspecified atom stereocenters. The maximum Gasteiger partial charge on any atom is 0.240 e. The summed E-state index contributed by atoms with van der Waals surface area (Å²) < 4.78 is 52.4. The summed E-state index contributed by atoms with van der Waals surface area (Å²) in [5, 5.41) is 9.93. The van der Waals surface area contributed by atoms with Crippen LogP contribution >= 0.6 is 0 Å². The van der Waals surface area contributed by atoms with Crippen molar-refractivity contribution in [2.75, 3.05) is 6.54 Å². The Labute approximate surface area is 127 Å². The molecule has 0 heterocycles. The molecule has 0 fully saturated rings. The van der Waals surface area contributed by atoms with E-state index >= 15 is 0 Å². The van der Waals surface area contributed by atoms with Crippen molar-refractivity contribution in [2.45, 2.75) is 17.9 Å². The molecule has 0 aliphatic rings. The third kappa shape index (κ3) is 3.88. The lowest BCUT2D eigenvalue weighted by Gasteiger charge is -2.14. The van der Waals surface area contributed by atoms with Crippen molar-refractivity contribution in [3.63, 3.8) is 0 Å². The third-order valence-corrected chi connectivity index (χ3v) is 4.73. The summed E-state index contributed by atoms with van der Waals surface area (Å²) in [7, 11) is -3.87. The summed E-state index contributed by atoms with van der Waals surface area (Å²) in [6.45, 7) is 1.21. The minimum Gasteiger partial charge on any atom is -0.387 e. The second-order valence-electron chi connectivity index (χ2n) is 4.83. The van der Waals surface area contributed by atoms with Crippen LogP contribution in [-0.4, -0.2) is 20.1 Å². The fraction of sp³-hybridized carbons (Fsp3) is 0.200. The van der Waals surface area contributed by atoms with Gasteiger partial charge in [0.15, 0.2) is 0 Å². The van der Waals surface area contributed by atoms with Crippen LogP contribution < -0.4 is 4.72 Å². The predicted octanol–water partition coefficient (Wildman–Crippen LogP) is 2.29. The van der Waals surface area contributed by atoms with Crippen molar-refractivity contribution in [3.05, 3.63) is 65.2 Å². The van der Waals surface area contributed by atoms with E-state index in [2.05, 4.69) is 4.72 Å². The number of aryl methyl sites for hydroxylation is 1. The molecule has 0 saturated heterocycles. The summed E-state index contributed by atoms with van der Waals surface area (Å²) in [6, 6.07) is 8.43. The van der Waals surface area contributed by atoms with Gasteiger partial charge in [0.1, 0.15) is 11.6 Å². The van der Waals surface area contributed by atoms with Crippen LogP contribution in [0.4, 0.5) is 8.78 Å². The average Bonchev–Trinajstić information content (AvgIpc) is 2.45. The Morgan fingerprint density at radius 1 is 1.09 bits per heavy atom. The van der Waals surface area contributed by atoms with Gasteiger partial charge < -0.3 is 5.11 Å². The predicted molar refractivity (Wildman–Crippen MR) is 77.7 cm³/mol. The number of aliphatic hydroxyl groups excluding tert-OH is 1. The van der Waals surface area contributed by atoms with Gasteiger partial charge in [-0.3, -0.25) is 0 Å². The molecule has 1 atom stereocenters. The highest BCUT2D eigenvalue weighted by atomic mass is 32.2. The quantitative estimate of drug-likeness (QED) is 0.885. The zero-order valence-corrected chi connectivity index (χ0v) is 12.6. The highest BCUT2D eigenvalue weighted by Gasteiger charge is 2.19. The molecule has 0 saturated carbocycles. The Hall–Kier alpha value is -1.83. The van der Waals surface area contributed by atoms with Crippen LogP contribution in [0, 0.1) is 18.6 Å². The van der Waals surface area contributed by atoms with Gasteiger partial charge in [-0.15, -0.1) is 0 Å². The van der Waals surface area contributed by atoms with Crippen molar-refractivity contribution in [1.29, 1.82) is 0 Å². The molecule has 0 amide bonds. The molecule has 2 rings (SSSR count). The lowest BCUT2D eigenvalue weighted by atomic mass is 10.1.